The Kier molecular flexibility index (Phi) is 4.45. The molecule has 0 fully saturated rings. The zero-order valence-corrected chi connectivity index (χ0v) is 16.0. The maximum atomic E-state index is 4.80. The van der Waals surface area contributed by atoms with Gasteiger partial charge in [0.05, 0.1) is 17.3 Å². The predicted molar refractivity (Wildman–Crippen MR) is 104 cm³/mol. The second-order valence-electron chi connectivity index (χ2n) is 5.92. The normalized spacial score (nSPS) is 14.1. The summed E-state index contributed by atoms with van der Waals surface area (Å²) in [6.07, 6.45) is 0. The van der Waals surface area contributed by atoms with E-state index in [0.717, 1.165) is 22.8 Å². The smallest absolute Gasteiger partial charge is 0.151 e. The molecule has 1 N–H and O–H groups in total. The second kappa shape index (κ2) is 6.72. The summed E-state index contributed by atoms with van der Waals surface area (Å²) in [6.45, 7) is 3.16. The van der Waals surface area contributed by atoms with E-state index in [0.29, 0.717) is 6.04 Å². The minimum Gasteiger partial charge on any atom is -0.324 e. The van der Waals surface area contributed by atoms with Crippen molar-refractivity contribution >= 4 is 44.2 Å². The molecule has 3 nitrogen and oxygen atoms in total. The van der Waals surface area contributed by atoms with Gasteiger partial charge in [0.15, 0.2) is 5.01 Å². The highest BCUT2D eigenvalue weighted by Gasteiger charge is 2.21. The number of quaternary nitrogens is 1. The Morgan fingerprint density at radius 1 is 1.12 bits per heavy atom. The number of hydrogen-bond donors (Lipinski definition) is 1. The van der Waals surface area contributed by atoms with Crippen molar-refractivity contribution in [1.82, 2.24) is 9.97 Å². The maximum absolute atomic E-state index is 4.80. The van der Waals surface area contributed by atoms with Crippen LogP contribution in [0.5, 0.6) is 0 Å². The molecule has 0 spiro atoms. The molecule has 24 heavy (non-hydrogen) atoms. The quantitative estimate of drug-likeness (QED) is 0.567. The van der Waals surface area contributed by atoms with Crippen LogP contribution in [0.15, 0.2) is 46.5 Å². The van der Waals surface area contributed by atoms with Gasteiger partial charge in [-0.25, -0.2) is 9.97 Å². The SMILES string of the molecule is C[C@@H](c1nc2ccccc2s1)[NH+](C)Cc1csc(-c2ccsc2)n1. The fraction of sp³-hybridized carbons (Fsp3) is 0.222. The van der Waals surface area contributed by atoms with Crippen LogP contribution in [-0.2, 0) is 6.54 Å². The summed E-state index contributed by atoms with van der Waals surface area (Å²) in [4.78, 5) is 11.0. The average Bonchev–Trinajstić information content (AvgIpc) is 3.32. The Bertz CT molecular complexity index is 906. The fourth-order valence-corrected chi connectivity index (χ4v) is 5.28. The van der Waals surface area contributed by atoms with E-state index in [2.05, 4.69) is 54.4 Å². The Hall–Kier alpha value is -1.60. The third-order valence-corrected chi connectivity index (χ3v) is 7.04. The lowest BCUT2D eigenvalue weighted by atomic mass is 10.3. The number of nitrogens with zero attached hydrogens (tertiary/aromatic N) is 2. The number of fused-ring (bicyclic) bond motifs is 1. The molecule has 0 radical (unpaired) electrons. The molecule has 4 rings (SSSR count). The number of aromatic nitrogens is 2. The molecular formula is C18H18N3S3+. The molecule has 0 saturated heterocycles. The molecule has 4 aromatic rings. The summed E-state index contributed by atoms with van der Waals surface area (Å²) >= 11 is 5.25. The zero-order valence-electron chi connectivity index (χ0n) is 13.5. The van der Waals surface area contributed by atoms with Gasteiger partial charge in [-0.15, -0.1) is 22.7 Å². The van der Waals surface area contributed by atoms with Crippen molar-refractivity contribution in [2.75, 3.05) is 7.05 Å². The van der Waals surface area contributed by atoms with Crippen LogP contribution in [-0.4, -0.2) is 17.0 Å². The minimum absolute atomic E-state index is 0.355. The van der Waals surface area contributed by atoms with E-state index in [9.17, 15) is 0 Å². The molecule has 6 heteroatoms. The van der Waals surface area contributed by atoms with Gasteiger partial charge >= 0.3 is 0 Å². The zero-order chi connectivity index (χ0) is 16.5. The Labute approximate surface area is 153 Å². The van der Waals surface area contributed by atoms with Crippen molar-refractivity contribution in [2.24, 2.45) is 0 Å². The molecule has 0 amide bonds. The van der Waals surface area contributed by atoms with Gasteiger partial charge in [-0.2, -0.15) is 11.3 Å². The van der Waals surface area contributed by atoms with Crippen LogP contribution in [0.2, 0.25) is 0 Å². The third kappa shape index (κ3) is 3.15. The minimum atomic E-state index is 0.355. The number of para-hydroxylation sites is 1. The van der Waals surface area contributed by atoms with Gasteiger partial charge in [-0.3, -0.25) is 0 Å². The third-order valence-electron chi connectivity index (χ3n) is 4.20. The van der Waals surface area contributed by atoms with Crippen molar-refractivity contribution in [2.45, 2.75) is 19.5 Å². The molecular weight excluding hydrogens is 354 g/mol. The molecule has 0 saturated carbocycles. The van der Waals surface area contributed by atoms with Gasteiger partial charge in [0.25, 0.3) is 0 Å². The Balaban J connectivity index is 1.50. The van der Waals surface area contributed by atoms with Crippen LogP contribution in [0.3, 0.4) is 0 Å². The first-order valence-electron chi connectivity index (χ1n) is 7.85. The number of nitrogens with one attached hydrogen (secondary N) is 1. The Morgan fingerprint density at radius 3 is 2.79 bits per heavy atom. The highest BCUT2D eigenvalue weighted by Crippen LogP contribution is 2.26. The molecule has 3 heterocycles. The highest BCUT2D eigenvalue weighted by atomic mass is 32.1. The number of rotatable bonds is 5. The van der Waals surface area contributed by atoms with Gasteiger partial charge in [0.1, 0.15) is 23.3 Å². The molecule has 0 aliphatic rings. The summed E-state index contributed by atoms with van der Waals surface area (Å²) in [6, 6.07) is 10.8. The number of thiophene rings is 1. The molecule has 2 atom stereocenters. The van der Waals surface area contributed by atoms with Gasteiger partial charge < -0.3 is 4.90 Å². The van der Waals surface area contributed by atoms with Crippen molar-refractivity contribution in [3.8, 4) is 10.6 Å². The molecule has 3 aromatic heterocycles. The van der Waals surface area contributed by atoms with Gasteiger partial charge in [0.2, 0.25) is 0 Å². The summed E-state index contributed by atoms with van der Waals surface area (Å²) in [5, 5.41) is 8.75. The van der Waals surface area contributed by atoms with Crippen LogP contribution in [0.4, 0.5) is 0 Å². The van der Waals surface area contributed by atoms with E-state index < -0.39 is 0 Å². The van der Waals surface area contributed by atoms with Crippen molar-refractivity contribution in [1.29, 1.82) is 0 Å². The Morgan fingerprint density at radius 2 is 2.00 bits per heavy atom. The summed E-state index contributed by atoms with van der Waals surface area (Å²) in [5.41, 5.74) is 3.49. The van der Waals surface area contributed by atoms with E-state index in [-0.39, 0.29) is 0 Å². The van der Waals surface area contributed by atoms with Crippen molar-refractivity contribution in [3.63, 3.8) is 0 Å². The van der Waals surface area contributed by atoms with Crippen molar-refractivity contribution in [3.05, 3.63) is 57.2 Å². The summed E-state index contributed by atoms with van der Waals surface area (Å²) in [7, 11) is 2.22. The van der Waals surface area contributed by atoms with Crippen LogP contribution in [0.25, 0.3) is 20.8 Å². The highest BCUT2D eigenvalue weighted by molar-refractivity contribution is 7.18. The van der Waals surface area contributed by atoms with Crippen LogP contribution >= 0.6 is 34.0 Å². The maximum Gasteiger partial charge on any atom is 0.151 e. The van der Waals surface area contributed by atoms with E-state index in [1.807, 2.05) is 6.07 Å². The summed E-state index contributed by atoms with van der Waals surface area (Å²) < 4.78 is 1.26. The van der Waals surface area contributed by atoms with E-state index in [4.69, 9.17) is 9.97 Å². The van der Waals surface area contributed by atoms with E-state index in [1.165, 1.54) is 20.2 Å². The molecule has 0 aliphatic carbocycles. The van der Waals surface area contributed by atoms with E-state index in [1.54, 1.807) is 34.0 Å². The first-order chi connectivity index (χ1) is 11.7. The first-order valence-corrected chi connectivity index (χ1v) is 10.5. The number of hydrogen-bond acceptors (Lipinski definition) is 5. The summed E-state index contributed by atoms with van der Waals surface area (Å²) in [5.74, 6) is 0. The monoisotopic (exact) mass is 372 g/mol. The predicted octanol–water partition coefficient (Wildman–Crippen LogP) is 4.26. The standard InChI is InChI=1S/C18H17N3S3/c1-12(17-20-15-5-3-4-6-16(15)24-17)21(2)9-14-11-23-18(19-14)13-7-8-22-10-13/h3-8,10-12H,9H2,1-2H3/p+1/t12-/m0/s1. The van der Waals surface area contributed by atoms with Crippen molar-refractivity contribution < 1.29 is 4.90 Å². The fourth-order valence-electron chi connectivity index (χ4n) is 2.63. The topological polar surface area (TPSA) is 30.2 Å². The molecule has 0 bridgehead atoms. The van der Waals surface area contributed by atoms with E-state index >= 15 is 0 Å². The molecule has 0 aliphatic heterocycles. The average molecular weight is 373 g/mol. The van der Waals surface area contributed by atoms with Gasteiger partial charge in [0, 0.05) is 16.3 Å². The largest absolute Gasteiger partial charge is 0.324 e. The number of benzene rings is 1. The molecule has 1 unspecified atom stereocenters. The first kappa shape index (κ1) is 15.9. The lowest BCUT2D eigenvalue weighted by Crippen LogP contribution is -3.07. The van der Waals surface area contributed by atoms with Crippen LogP contribution in [0.1, 0.15) is 23.7 Å². The molecule has 1 aromatic carbocycles. The van der Waals surface area contributed by atoms with Gasteiger partial charge in [-0.05, 0) is 30.5 Å². The second-order valence-corrected chi connectivity index (χ2v) is 8.62. The van der Waals surface area contributed by atoms with Gasteiger partial charge in [-0.1, -0.05) is 12.1 Å². The number of thiazole rings is 2. The molecule has 122 valence electrons. The lowest BCUT2D eigenvalue weighted by Gasteiger charge is -2.18. The van der Waals surface area contributed by atoms with Crippen LogP contribution in [0, 0.1) is 0 Å². The van der Waals surface area contributed by atoms with Crippen LogP contribution < -0.4 is 4.90 Å². The lowest BCUT2D eigenvalue weighted by molar-refractivity contribution is -0.924.